The Kier molecular flexibility index (Phi) is 5.82. The normalized spacial score (nSPS) is 21.6. The van der Waals surface area contributed by atoms with Gasteiger partial charge in [-0.15, -0.1) is 0 Å². The molecule has 6 heteroatoms. The lowest BCUT2D eigenvalue weighted by Gasteiger charge is -2.30. The number of allylic oxidation sites excluding steroid dienone is 2. The third kappa shape index (κ3) is 3.69. The molecule has 19 heavy (non-hydrogen) atoms. The van der Waals surface area contributed by atoms with E-state index in [1.54, 1.807) is 6.08 Å². The summed E-state index contributed by atoms with van der Waals surface area (Å²) < 4.78 is 5.05. The van der Waals surface area contributed by atoms with Crippen molar-refractivity contribution in [3.63, 3.8) is 0 Å². The van der Waals surface area contributed by atoms with Gasteiger partial charge < -0.3 is 4.74 Å². The third-order valence-corrected chi connectivity index (χ3v) is 3.13. The van der Waals surface area contributed by atoms with E-state index in [1.165, 1.54) is 12.2 Å². The first-order valence-corrected chi connectivity index (χ1v) is 6.17. The van der Waals surface area contributed by atoms with Crippen LogP contribution in [0.4, 0.5) is 0 Å². The molecule has 0 bridgehead atoms. The summed E-state index contributed by atoms with van der Waals surface area (Å²) in [5.41, 5.74) is 7.10. The van der Waals surface area contributed by atoms with Gasteiger partial charge in [0.1, 0.15) is 12.0 Å². The van der Waals surface area contributed by atoms with E-state index < -0.39 is 11.4 Å². The number of hydrogen-bond donors (Lipinski definition) is 0. The first-order valence-electron chi connectivity index (χ1n) is 6.17. The number of carbonyl (C=O) groups excluding carboxylic acids is 2. The Balaban J connectivity index is 2.80. The predicted octanol–water partition coefficient (Wildman–Crippen LogP) is 2.71. The van der Waals surface area contributed by atoms with E-state index in [0.717, 1.165) is 0 Å². The molecule has 6 nitrogen and oxygen atoms in total. The van der Waals surface area contributed by atoms with Crippen LogP contribution in [-0.2, 0) is 14.3 Å². The molecule has 0 aromatic heterocycles. The number of azide groups is 1. The quantitative estimate of drug-likeness (QED) is 0.134. The molecule has 1 aliphatic carbocycles. The van der Waals surface area contributed by atoms with Crippen molar-refractivity contribution in [2.75, 3.05) is 13.2 Å². The molecule has 1 atom stereocenters. The van der Waals surface area contributed by atoms with Crippen LogP contribution < -0.4 is 0 Å². The highest BCUT2D eigenvalue weighted by atomic mass is 16.5. The lowest BCUT2D eigenvalue weighted by atomic mass is 9.72. The van der Waals surface area contributed by atoms with Crippen molar-refractivity contribution in [2.24, 2.45) is 10.5 Å². The minimum absolute atomic E-state index is 0.0912. The first-order chi connectivity index (χ1) is 9.17. The maximum absolute atomic E-state index is 12.1. The molecule has 0 N–H and O–H groups in total. The summed E-state index contributed by atoms with van der Waals surface area (Å²) in [6.07, 6.45) is 6.58. The Morgan fingerprint density at radius 2 is 2.47 bits per heavy atom. The first kappa shape index (κ1) is 15.0. The fourth-order valence-electron chi connectivity index (χ4n) is 2.12. The van der Waals surface area contributed by atoms with Crippen molar-refractivity contribution in [3.05, 3.63) is 35.2 Å². The van der Waals surface area contributed by atoms with Crippen LogP contribution in [0.3, 0.4) is 0 Å². The molecule has 0 amide bonds. The van der Waals surface area contributed by atoms with Gasteiger partial charge in [-0.25, -0.2) is 0 Å². The second-order valence-corrected chi connectivity index (χ2v) is 4.33. The average Bonchev–Trinajstić information content (AvgIpc) is 2.43. The van der Waals surface area contributed by atoms with E-state index in [2.05, 4.69) is 16.6 Å². The maximum Gasteiger partial charge on any atom is 0.320 e. The van der Waals surface area contributed by atoms with Gasteiger partial charge in [0.25, 0.3) is 0 Å². The number of carbonyl (C=O) groups is 2. The molecular formula is C13H17N3O3. The molecule has 0 unspecified atom stereocenters. The molecule has 0 saturated carbocycles. The average molecular weight is 263 g/mol. The molecule has 0 aromatic carbocycles. The molecule has 1 rings (SSSR count). The van der Waals surface area contributed by atoms with Crippen molar-refractivity contribution < 1.29 is 14.3 Å². The highest BCUT2D eigenvalue weighted by molar-refractivity contribution is 6.09. The van der Waals surface area contributed by atoms with Crippen LogP contribution in [-0.4, -0.2) is 24.9 Å². The van der Waals surface area contributed by atoms with Crippen LogP contribution in [0.5, 0.6) is 0 Å². The van der Waals surface area contributed by atoms with Gasteiger partial charge >= 0.3 is 5.97 Å². The highest BCUT2D eigenvalue weighted by Gasteiger charge is 2.45. The Bertz CT molecular complexity index is 438. The Hall–Kier alpha value is -2.07. The lowest BCUT2D eigenvalue weighted by Crippen LogP contribution is -2.41. The second kappa shape index (κ2) is 7.38. The van der Waals surface area contributed by atoms with Gasteiger partial charge in [0.2, 0.25) is 0 Å². The van der Waals surface area contributed by atoms with Gasteiger partial charge in [0.05, 0.1) is 0 Å². The summed E-state index contributed by atoms with van der Waals surface area (Å²) in [6.45, 7) is 3.83. The Morgan fingerprint density at radius 1 is 1.68 bits per heavy atom. The standard InChI is InChI=1S/C13H17N3O3/c1-2-10-19-12(18)13(8-5-9-15-16-14)7-4-3-6-11(13)17/h2-3,6H,1,4-5,7-10H2/t13-/m0/s1. The molecule has 0 saturated heterocycles. The van der Waals surface area contributed by atoms with Crippen molar-refractivity contribution in [3.8, 4) is 0 Å². The molecule has 0 fully saturated rings. The van der Waals surface area contributed by atoms with Crippen LogP contribution in [0.15, 0.2) is 29.9 Å². The van der Waals surface area contributed by atoms with Gasteiger partial charge in [0.15, 0.2) is 5.78 Å². The minimum atomic E-state index is -1.12. The zero-order valence-electron chi connectivity index (χ0n) is 10.7. The number of hydrogen-bond acceptors (Lipinski definition) is 4. The second-order valence-electron chi connectivity index (χ2n) is 4.33. The summed E-state index contributed by atoms with van der Waals surface area (Å²) in [4.78, 5) is 26.8. The van der Waals surface area contributed by atoms with Gasteiger partial charge in [-0.05, 0) is 37.3 Å². The topological polar surface area (TPSA) is 92.1 Å². The maximum atomic E-state index is 12.1. The zero-order valence-corrected chi connectivity index (χ0v) is 10.7. The SMILES string of the molecule is C=CCOC(=O)[C@]1(CCCN=[N+]=[N-])CCC=CC1=O. The van der Waals surface area contributed by atoms with Crippen LogP contribution in [0.25, 0.3) is 10.4 Å². The van der Waals surface area contributed by atoms with Gasteiger partial charge in [-0.2, -0.15) is 0 Å². The van der Waals surface area contributed by atoms with E-state index in [0.29, 0.717) is 25.7 Å². The summed E-state index contributed by atoms with van der Waals surface area (Å²) >= 11 is 0. The summed E-state index contributed by atoms with van der Waals surface area (Å²) in [6, 6.07) is 0. The van der Waals surface area contributed by atoms with Gasteiger partial charge in [0, 0.05) is 11.5 Å². The fourth-order valence-corrected chi connectivity index (χ4v) is 2.12. The van der Waals surface area contributed by atoms with Crippen molar-refractivity contribution >= 4 is 11.8 Å². The van der Waals surface area contributed by atoms with E-state index in [9.17, 15) is 9.59 Å². The largest absolute Gasteiger partial charge is 0.461 e. The molecule has 0 heterocycles. The zero-order chi connectivity index (χ0) is 14.1. The number of nitrogens with zero attached hydrogens (tertiary/aromatic N) is 3. The monoisotopic (exact) mass is 263 g/mol. The smallest absolute Gasteiger partial charge is 0.320 e. The van der Waals surface area contributed by atoms with Crippen LogP contribution in [0.1, 0.15) is 25.7 Å². The number of rotatable bonds is 7. The van der Waals surface area contributed by atoms with E-state index in [-0.39, 0.29) is 18.9 Å². The molecule has 0 radical (unpaired) electrons. The third-order valence-electron chi connectivity index (χ3n) is 3.13. The van der Waals surface area contributed by atoms with Crippen LogP contribution in [0, 0.1) is 5.41 Å². The number of ether oxygens (including phenoxy) is 1. The number of esters is 1. The van der Waals surface area contributed by atoms with Gasteiger partial charge in [-0.3, -0.25) is 9.59 Å². The molecule has 0 spiro atoms. The van der Waals surface area contributed by atoms with Crippen molar-refractivity contribution in [2.45, 2.75) is 25.7 Å². The number of ketones is 1. The van der Waals surface area contributed by atoms with Crippen LogP contribution >= 0.6 is 0 Å². The van der Waals surface area contributed by atoms with Gasteiger partial charge in [-0.1, -0.05) is 23.8 Å². The Labute approximate surface area is 111 Å². The minimum Gasteiger partial charge on any atom is -0.461 e. The molecule has 0 aromatic rings. The van der Waals surface area contributed by atoms with Crippen LogP contribution in [0.2, 0.25) is 0 Å². The summed E-state index contributed by atoms with van der Waals surface area (Å²) in [7, 11) is 0. The fraction of sp³-hybridized carbons (Fsp3) is 0.538. The van der Waals surface area contributed by atoms with Crippen molar-refractivity contribution in [1.82, 2.24) is 0 Å². The predicted molar refractivity (Wildman–Crippen MR) is 70.2 cm³/mol. The summed E-state index contributed by atoms with van der Waals surface area (Å²) in [5, 5.41) is 3.42. The molecular weight excluding hydrogens is 246 g/mol. The summed E-state index contributed by atoms with van der Waals surface area (Å²) in [5.74, 6) is -0.739. The van der Waals surface area contributed by atoms with E-state index >= 15 is 0 Å². The molecule has 1 aliphatic rings. The lowest BCUT2D eigenvalue weighted by molar-refractivity contribution is -0.159. The Morgan fingerprint density at radius 3 is 3.11 bits per heavy atom. The van der Waals surface area contributed by atoms with E-state index in [4.69, 9.17) is 10.3 Å². The molecule has 0 aliphatic heterocycles. The molecule has 102 valence electrons. The van der Waals surface area contributed by atoms with E-state index in [1.807, 2.05) is 0 Å². The highest BCUT2D eigenvalue weighted by Crippen LogP contribution is 2.36. The van der Waals surface area contributed by atoms with Crippen molar-refractivity contribution in [1.29, 1.82) is 0 Å².